The molecule has 0 aliphatic carbocycles. The van der Waals surface area contributed by atoms with E-state index in [0.717, 1.165) is 28.0 Å². The molecular weight excluding hydrogens is 294 g/mol. The summed E-state index contributed by atoms with van der Waals surface area (Å²) in [7, 11) is -1.76. The first-order chi connectivity index (χ1) is 9.07. The van der Waals surface area contributed by atoms with Crippen LogP contribution in [0, 0.1) is 0 Å². The molecule has 0 radical (unpaired) electrons. The molecule has 1 unspecified atom stereocenters. The minimum atomic E-state index is -1.76. The maximum Gasteiger partial charge on any atom is 0.134 e. The van der Waals surface area contributed by atoms with E-state index in [-0.39, 0.29) is 0 Å². The molecule has 0 spiro atoms. The Bertz CT molecular complexity index is 552. The molecule has 0 amide bonds. The Balaban J connectivity index is 2.57. The molecule has 1 aromatic rings. The number of rotatable bonds is 2. The molecule has 2 N–H and O–H groups in total. The lowest BCUT2D eigenvalue weighted by molar-refractivity contribution is 0.482. The van der Waals surface area contributed by atoms with Gasteiger partial charge in [0.1, 0.15) is 8.64 Å². The molecule has 1 aromatic carbocycles. The van der Waals surface area contributed by atoms with Gasteiger partial charge < -0.3 is 10.6 Å². The van der Waals surface area contributed by atoms with Crippen molar-refractivity contribution in [1.29, 1.82) is 0 Å². The van der Waals surface area contributed by atoms with E-state index in [0.29, 0.717) is 4.32 Å². The summed E-state index contributed by atoms with van der Waals surface area (Å²) in [5.41, 5.74) is 8.86. The van der Waals surface area contributed by atoms with Crippen molar-refractivity contribution in [2.75, 3.05) is 13.1 Å². The van der Waals surface area contributed by atoms with E-state index in [1.165, 1.54) is 0 Å². The quantitative estimate of drug-likeness (QED) is 0.850. The van der Waals surface area contributed by atoms with Gasteiger partial charge in [-0.25, -0.2) is 4.99 Å². The number of hydrogen-bond donors (Lipinski definition) is 1. The average molecular weight is 312 g/mol. The number of nitrogens with two attached hydrogens (primary N) is 1. The largest absolute Gasteiger partial charge is 0.385 e. The second kappa shape index (κ2) is 5.56. The van der Waals surface area contributed by atoms with Crippen molar-refractivity contribution in [1.82, 2.24) is 4.90 Å². The van der Waals surface area contributed by atoms with Gasteiger partial charge in [-0.15, -0.1) is 0 Å². The Hall–Kier alpha value is -0.980. The number of benzene rings is 1. The minimum absolute atomic E-state index is 0.443. The Labute approximate surface area is 126 Å². The van der Waals surface area contributed by atoms with Crippen LogP contribution in [-0.4, -0.2) is 32.2 Å². The van der Waals surface area contributed by atoms with Crippen molar-refractivity contribution in [3.63, 3.8) is 0 Å². The van der Waals surface area contributed by atoms with Gasteiger partial charge in [-0.05, 0) is 26.0 Å². The van der Waals surface area contributed by atoms with Crippen LogP contribution in [0.15, 0.2) is 34.2 Å². The fraction of sp³-hybridized carbons (Fsp3) is 0.308. The molecule has 1 atom stereocenters. The first kappa shape index (κ1) is 14.4. The smallest absolute Gasteiger partial charge is 0.134 e. The molecule has 3 nitrogen and oxygen atoms in total. The van der Waals surface area contributed by atoms with Crippen LogP contribution in [-0.2, 0) is 0 Å². The maximum absolute atomic E-state index is 6.06. The number of thiocarbonyl (C=S) groups is 2. The van der Waals surface area contributed by atoms with Crippen molar-refractivity contribution in [3.05, 3.63) is 24.3 Å². The van der Waals surface area contributed by atoms with Gasteiger partial charge in [0.25, 0.3) is 0 Å². The summed E-state index contributed by atoms with van der Waals surface area (Å²) in [4.78, 5) is 7.68. The second-order valence-corrected chi connectivity index (χ2v) is 8.26. The van der Waals surface area contributed by atoms with E-state index in [9.17, 15) is 0 Å². The topological polar surface area (TPSA) is 41.6 Å². The lowest BCUT2D eigenvalue weighted by atomic mass is 10.3. The molecule has 102 valence electrons. The van der Waals surface area contributed by atoms with E-state index < -0.39 is 10.0 Å². The SMILES string of the molecule is CCN(CC)C(=S)S1(C(N)=S)C=Nc2ccccc21. The van der Waals surface area contributed by atoms with E-state index in [4.69, 9.17) is 30.2 Å². The fourth-order valence-corrected chi connectivity index (χ4v) is 6.38. The molecule has 0 saturated heterocycles. The van der Waals surface area contributed by atoms with Crippen LogP contribution in [0.1, 0.15) is 13.8 Å². The van der Waals surface area contributed by atoms with Gasteiger partial charge in [-0.2, -0.15) is 0 Å². The van der Waals surface area contributed by atoms with Crippen molar-refractivity contribution in [2.45, 2.75) is 18.7 Å². The summed E-state index contributed by atoms with van der Waals surface area (Å²) in [5.74, 6) is 0. The monoisotopic (exact) mass is 311 g/mol. The molecule has 0 aromatic heterocycles. The highest BCUT2D eigenvalue weighted by Crippen LogP contribution is 2.62. The van der Waals surface area contributed by atoms with Gasteiger partial charge >= 0.3 is 0 Å². The van der Waals surface area contributed by atoms with Crippen molar-refractivity contribution < 1.29 is 0 Å². The molecule has 2 rings (SSSR count). The summed E-state index contributed by atoms with van der Waals surface area (Å²) < 4.78 is 1.26. The van der Waals surface area contributed by atoms with Crippen LogP contribution in [0.5, 0.6) is 0 Å². The predicted molar refractivity (Wildman–Crippen MR) is 92.8 cm³/mol. The first-order valence-electron chi connectivity index (χ1n) is 6.12. The second-order valence-electron chi connectivity index (χ2n) is 4.12. The highest BCUT2D eigenvalue weighted by Gasteiger charge is 2.40. The third-order valence-corrected chi connectivity index (χ3v) is 7.92. The molecule has 1 aliphatic rings. The summed E-state index contributed by atoms with van der Waals surface area (Å²) in [6.07, 6.45) is 0. The molecule has 0 fully saturated rings. The Morgan fingerprint density at radius 1 is 1.26 bits per heavy atom. The predicted octanol–water partition coefficient (Wildman–Crippen LogP) is 3.39. The maximum atomic E-state index is 6.06. The van der Waals surface area contributed by atoms with Crippen LogP contribution in [0.25, 0.3) is 0 Å². The number of nitrogens with zero attached hydrogens (tertiary/aromatic N) is 2. The molecule has 1 aliphatic heterocycles. The number of fused-ring (bicyclic) bond motifs is 1. The zero-order valence-corrected chi connectivity index (χ0v) is 13.4. The lowest BCUT2D eigenvalue weighted by Gasteiger charge is -2.38. The van der Waals surface area contributed by atoms with E-state index in [1.54, 1.807) is 0 Å². The van der Waals surface area contributed by atoms with Crippen molar-refractivity contribution in [2.24, 2.45) is 10.7 Å². The summed E-state index contributed by atoms with van der Waals surface area (Å²) in [6.45, 7) is 5.87. The van der Waals surface area contributed by atoms with Crippen LogP contribution in [0.2, 0.25) is 0 Å². The molecule has 1 heterocycles. The average Bonchev–Trinajstić information content (AvgIpc) is 2.80. The molecule has 6 heteroatoms. The third kappa shape index (κ3) is 2.17. The molecule has 0 saturated carbocycles. The van der Waals surface area contributed by atoms with E-state index in [1.807, 2.05) is 29.8 Å². The molecule has 0 bridgehead atoms. The molecular formula is C13H17N3S3. The summed E-state index contributed by atoms with van der Waals surface area (Å²) in [5, 5.41) is 0. The third-order valence-electron chi connectivity index (χ3n) is 3.18. The lowest BCUT2D eigenvalue weighted by Crippen LogP contribution is -2.37. The van der Waals surface area contributed by atoms with Gasteiger partial charge in [0, 0.05) is 18.0 Å². The van der Waals surface area contributed by atoms with E-state index in [2.05, 4.69) is 23.7 Å². The summed E-state index contributed by atoms with van der Waals surface area (Å²) >= 11 is 11.0. The van der Waals surface area contributed by atoms with Crippen molar-refractivity contribution >= 4 is 54.3 Å². The Morgan fingerprint density at radius 2 is 1.89 bits per heavy atom. The minimum Gasteiger partial charge on any atom is -0.385 e. The number of aliphatic imine (C=N–C) groups is 1. The van der Waals surface area contributed by atoms with Gasteiger partial charge in [-0.3, -0.25) is 0 Å². The highest BCUT2D eigenvalue weighted by atomic mass is 32.3. The van der Waals surface area contributed by atoms with Gasteiger partial charge in [0.2, 0.25) is 0 Å². The standard InChI is InChI=1S/C13H17N3S3/c1-3-16(4-2)13(18)19(12(14)17)9-15-10-7-5-6-8-11(10)19/h5-9H,3-4H2,1-2H3,(H2,14,17). The van der Waals surface area contributed by atoms with Crippen LogP contribution >= 0.6 is 34.5 Å². The van der Waals surface area contributed by atoms with Gasteiger partial charge in [0.05, 0.1) is 11.2 Å². The number of para-hydroxylation sites is 1. The fourth-order valence-electron chi connectivity index (χ4n) is 2.10. The van der Waals surface area contributed by atoms with Crippen LogP contribution in [0.4, 0.5) is 5.69 Å². The van der Waals surface area contributed by atoms with Gasteiger partial charge in [-0.1, -0.05) is 46.6 Å². The number of hydrogen-bond acceptors (Lipinski definition) is 3. The first-order valence-corrected chi connectivity index (χ1v) is 8.64. The van der Waals surface area contributed by atoms with Crippen molar-refractivity contribution in [3.8, 4) is 0 Å². The van der Waals surface area contributed by atoms with Gasteiger partial charge in [0.15, 0.2) is 0 Å². The Morgan fingerprint density at radius 3 is 2.47 bits per heavy atom. The Kier molecular flexibility index (Phi) is 4.23. The van der Waals surface area contributed by atoms with Crippen LogP contribution < -0.4 is 5.73 Å². The van der Waals surface area contributed by atoms with Crippen LogP contribution in [0.3, 0.4) is 0 Å². The highest BCUT2D eigenvalue weighted by molar-refractivity contribution is 8.70. The van der Waals surface area contributed by atoms with E-state index >= 15 is 0 Å². The zero-order valence-electron chi connectivity index (χ0n) is 11.0. The normalized spacial score (nSPS) is 23.5. The zero-order chi connectivity index (χ0) is 14.0. The summed E-state index contributed by atoms with van der Waals surface area (Å²) in [6, 6.07) is 7.96. The molecule has 19 heavy (non-hydrogen) atoms.